The van der Waals surface area contributed by atoms with Gasteiger partial charge in [-0.2, -0.15) is 9.97 Å². The van der Waals surface area contributed by atoms with Gasteiger partial charge in [-0.25, -0.2) is 4.98 Å². The monoisotopic (exact) mass is 613 g/mol. The second kappa shape index (κ2) is 10.2. The first-order valence-corrected chi connectivity index (χ1v) is 16.1. The minimum absolute atomic E-state index is 0.175. The molecule has 8 aromatic rings. The lowest BCUT2D eigenvalue weighted by Crippen LogP contribution is -2.28. The molecule has 0 spiro atoms. The first-order chi connectivity index (χ1) is 22.2. The van der Waals surface area contributed by atoms with Crippen molar-refractivity contribution in [2.24, 2.45) is 0 Å². The summed E-state index contributed by atoms with van der Waals surface area (Å²) in [6.45, 7) is 0. The minimum Gasteiger partial charge on any atom is -0.208 e. The SMILES string of the molecule is Clc1nc(-c2cccc3c2-c2ccccc2C3(c2ccccc2)c2ccccc2)nc(-c2cccc3c2sc2ccccc23)n1. The maximum absolute atomic E-state index is 6.72. The first-order valence-electron chi connectivity index (χ1n) is 14.9. The molecule has 0 unspecified atom stereocenters. The number of hydrogen-bond acceptors (Lipinski definition) is 4. The lowest BCUT2D eigenvalue weighted by molar-refractivity contribution is 0.768. The van der Waals surface area contributed by atoms with Crippen LogP contribution in [0, 0.1) is 0 Å². The molecule has 9 rings (SSSR count). The molecular formula is C40H24ClN3S. The molecule has 0 fully saturated rings. The third-order valence-corrected chi connectivity index (χ3v) is 10.4. The maximum Gasteiger partial charge on any atom is 0.226 e. The fraction of sp³-hybridized carbons (Fsp3) is 0.0250. The summed E-state index contributed by atoms with van der Waals surface area (Å²) in [5.41, 5.74) is 8.53. The van der Waals surface area contributed by atoms with Crippen LogP contribution in [0.15, 0.2) is 146 Å². The van der Waals surface area contributed by atoms with Crippen LogP contribution in [0.1, 0.15) is 22.3 Å². The summed E-state index contributed by atoms with van der Waals surface area (Å²) in [4.78, 5) is 14.5. The fourth-order valence-corrected chi connectivity index (χ4v) is 8.57. The normalized spacial score (nSPS) is 13.2. The van der Waals surface area contributed by atoms with Crippen LogP contribution in [-0.4, -0.2) is 15.0 Å². The molecule has 1 aliphatic rings. The largest absolute Gasteiger partial charge is 0.226 e. The molecule has 5 heteroatoms. The predicted molar refractivity (Wildman–Crippen MR) is 186 cm³/mol. The van der Waals surface area contributed by atoms with E-state index in [1.54, 1.807) is 11.3 Å². The standard InChI is InChI=1S/C40H24ClN3S/c41-39-43-37(42-38(44-39)31-21-11-19-28-27-17-8-10-24-34(27)45-36(28)31)30-20-12-23-33-35(30)29-18-7-9-22-32(29)40(33,25-13-3-1-4-14-25)26-15-5-2-6-16-26/h1-24H. The summed E-state index contributed by atoms with van der Waals surface area (Å²) < 4.78 is 2.37. The van der Waals surface area contributed by atoms with Gasteiger partial charge >= 0.3 is 0 Å². The van der Waals surface area contributed by atoms with Gasteiger partial charge in [-0.15, -0.1) is 11.3 Å². The third kappa shape index (κ3) is 3.86. The Bertz CT molecular complexity index is 2360. The summed E-state index contributed by atoms with van der Waals surface area (Å²) in [5.74, 6) is 1.13. The van der Waals surface area contributed by atoms with E-state index >= 15 is 0 Å². The van der Waals surface area contributed by atoms with Crippen molar-refractivity contribution in [3.63, 3.8) is 0 Å². The van der Waals surface area contributed by atoms with Crippen molar-refractivity contribution in [1.29, 1.82) is 0 Å². The molecule has 6 aromatic carbocycles. The van der Waals surface area contributed by atoms with Crippen LogP contribution in [0.2, 0.25) is 5.28 Å². The number of aromatic nitrogens is 3. The van der Waals surface area contributed by atoms with Gasteiger partial charge in [0.15, 0.2) is 11.6 Å². The van der Waals surface area contributed by atoms with Crippen LogP contribution in [0.25, 0.3) is 54.1 Å². The van der Waals surface area contributed by atoms with Gasteiger partial charge in [0.1, 0.15) is 0 Å². The van der Waals surface area contributed by atoms with Crippen LogP contribution < -0.4 is 0 Å². The second-order valence-electron chi connectivity index (χ2n) is 11.3. The summed E-state index contributed by atoms with van der Waals surface area (Å²) >= 11 is 8.47. The molecular weight excluding hydrogens is 590 g/mol. The Hall–Kier alpha value is -5.16. The van der Waals surface area contributed by atoms with Gasteiger partial charge in [0, 0.05) is 31.3 Å². The number of thiophene rings is 1. The van der Waals surface area contributed by atoms with Crippen LogP contribution >= 0.6 is 22.9 Å². The van der Waals surface area contributed by atoms with Gasteiger partial charge in [0.25, 0.3) is 0 Å². The molecule has 2 heterocycles. The van der Waals surface area contributed by atoms with Crippen LogP contribution in [-0.2, 0) is 5.41 Å². The zero-order chi connectivity index (χ0) is 30.0. The molecule has 0 saturated carbocycles. The highest BCUT2D eigenvalue weighted by Crippen LogP contribution is 2.58. The summed E-state index contributed by atoms with van der Waals surface area (Å²) in [7, 11) is 0. The summed E-state index contributed by atoms with van der Waals surface area (Å²) in [5, 5.41) is 2.60. The van der Waals surface area contributed by atoms with Crippen molar-refractivity contribution >= 4 is 43.1 Å². The van der Waals surface area contributed by atoms with E-state index in [1.807, 2.05) is 0 Å². The Labute approximate surface area is 269 Å². The summed E-state index contributed by atoms with van der Waals surface area (Å²) in [6.07, 6.45) is 0. The average molecular weight is 614 g/mol. The first kappa shape index (κ1) is 26.3. The third-order valence-electron chi connectivity index (χ3n) is 8.98. The summed E-state index contributed by atoms with van der Waals surface area (Å²) in [6, 6.07) is 51.5. The zero-order valence-electron chi connectivity index (χ0n) is 24.0. The van der Waals surface area contributed by atoms with E-state index in [9.17, 15) is 0 Å². The molecule has 0 bridgehead atoms. The minimum atomic E-state index is -0.507. The van der Waals surface area contributed by atoms with Gasteiger partial charge in [0.05, 0.1) is 5.41 Å². The molecule has 0 atom stereocenters. The molecule has 212 valence electrons. The molecule has 45 heavy (non-hydrogen) atoms. The van der Waals surface area contributed by atoms with Gasteiger partial charge in [-0.3, -0.25) is 0 Å². The fourth-order valence-electron chi connectivity index (χ4n) is 7.19. The van der Waals surface area contributed by atoms with Crippen LogP contribution in [0.3, 0.4) is 0 Å². The topological polar surface area (TPSA) is 38.7 Å². The zero-order valence-corrected chi connectivity index (χ0v) is 25.6. The molecule has 0 amide bonds. The molecule has 3 nitrogen and oxygen atoms in total. The van der Waals surface area contributed by atoms with Crippen molar-refractivity contribution in [2.75, 3.05) is 0 Å². The van der Waals surface area contributed by atoms with E-state index in [0.717, 1.165) is 21.4 Å². The number of fused-ring (bicyclic) bond motifs is 6. The predicted octanol–water partition coefficient (Wildman–Crippen LogP) is 10.6. The Kier molecular flexibility index (Phi) is 5.95. The molecule has 1 aliphatic carbocycles. The average Bonchev–Trinajstić information content (AvgIpc) is 3.63. The lowest BCUT2D eigenvalue weighted by atomic mass is 9.67. The van der Waals surface area contributed by atoms with Gasteiger partial charge < -0.3 is 0 Å². The van der Waals surface area contributed by atoms with Crippen molar-refractivity contribution in [3.8, 4) is 33.9 Å². The van der Waals surface area contributed by atoms with Gasteiger partial charge in [-0.1, -0.05) is 133 Å². The quantitative estimate of drug-likeness (QED) is 0.198. The van der Waals surface area contributed by atoms with E-state index in [-0.39, 0.29) is 5.28 Å². The van der Waals surface area contributed by atoms with Crippen LogP contribution in [0.5, 0.6) is 0 Å². The molecule has 0 radical (unpaired) electrons. The van der Waals surface area contributed by atoms with E-state index < -0.39 is 5.41 Å². The van der Waals surface area contributed by atoms with Crippen molar-refractivity contribution in [3.05, 3.63) is 173 Å². The highest BCUT2D eigenvalue weighted by Gasteiger charge is 2.46. The van der Waals surface area contributed by atoms with Gasteiger partial charge in [-0.05, 0) is 57.1 Å². The molecule has 0 N–H and O–H groups in total. The van der Waals surface area contributed by atoms with Crippen molar-refractivity contribution in [1.82, 2.24) is 15.0 Å². The Balaban J connectivity index is 1.32. The number of rotatable bonds is 4. The van der Waals surface area contributed by atoms with E-state index in [4.69, 9.17) is 21.6 Å². The van der Waals surface area contributed by atoms with Crippen molar-refractivity contribution < 1.29 is 0 Å². The number of hydrogen-bond donors (Lipinski definition) is 0. The second-order valence-corrected chi connectivity index (χ2v) is 12.7. The smallest absolute Gasteiger partial charge is 0.208 e. The molecule has 2 aromatic heterocycles. The highest BCUT2D eigenvalue weighted by molar-refractivity contribution is 7.26. The van der Waals surface area contributed by atoms with Crippen molar-refractivity contribution in [2.45, 2.75) is 5.41 Å². The lowest BCUT2D eigenvalue weighted by Gasteiger charge is -2.33. The number of halogens is 1. The highest BCUT2D eigenvalue weighted by atomic mass is 35.5. The molecule has 0 aliphatic heterocycles. The van der Waals surface area contributed by atoms with E-state index in [0.29, 0.717) is 11.6 Å². The van der Waals surface area contributed by atoms with E-state index in [2.05, 4.69) is 151 Å². The maximum atomic E-state index is 6.72. The molecule has 0 saturated heterocycles. The van der Waals surface area contributed by atoms with Gasteiger partial charge in [0.2, 0.25) is 5.28 Å². The van der Waals surface area contributed by atoms with Crippen LogP contribution in [0.4, 0.5) is 0 Å². The number of nitrogens with zero attached hydrogens (tertiary/aromatic N) is 3. The Morgan fingerprint density at radius 2 is 1.02 bits per heavy atom. The Morgan fingerprint density at radius 1 is 0.467 bits per heavy atom. The number of benzene rings is 6. The Morgan fingerprint density at radius 3 is 1.80 bits per heavy atom. The van der Waals surface area contributed by atoms with E-state index in [1.165, 1.54) is 43.3 Å².